The van der Waals surface area contributed by atoms with Gasteiger partial charge in [0.15, 0.2) is 0 Å². The molecule has 0 rings (SSSR count). The Balaban J connectivity index is 4.49. The van der Waals surface area contributed by atoms with Gasteiger partial charge in [-0.25, -0.2) is 4.79 Å². The summed E-state index contributed by atoms with van der Waals surface area (Å²) in [5.41, 5.74) is 0. The number of hydrogen-bond donors (Lipinski definition) is 1. The van der Waals surface area contributed by atoms with Crippen LogP contribution in [0.5, 0.6) is 0 Å². The molecule has 0 saturated heterocycles. The van der Waals surface area contributed by atoms with Gasteiger partial charge in [-0.05, 0) is 64.2 Å². The second-order valence-corrected chi connectivity index (χ2v) is 14.0. The van der Waals surface area contributed by atoms with Crippen molar-refractivity contribution in [2.24, 2.45) is 0 Å². The van der Waals surface area contributed by atoms with Crippen LogP contribution in [0.25, 0.3) is 0 Å². The van der Waals surface area contributed by atoms with Gasteiger partial charge in [0, 0.05) is 25.0 Å². The Morgan fingerprint density at radius 1 is 0.510 bits per heavy atom. The Bertz CT molecular complexity index is 834. The summed E-state index contributed by atoms with van der Waals surface area (Å²) in [6, 6.07) is -1.19. The molecule has 0 bridgehead atoms. The maximum atomic E-state index is 13.3. The van der Waals surface area contributed by atoms with Crippen molar-refractivity contribution in [3.8, 4) is 0 Å². The monoisotopic (exact) mass is 706 g/mol. The lowest BCUT2D eigenvalue weighted by Crippen LogP contribution is -2.50. The zero-order valence-corrected chi connectivity index (χ0v) is 32.9. The highest BCUT2D eigenvalue weighted by atomic mass is 32.1. The third-order valence-corrected chi connectivity index (χ3v) is 9.45. The standard InChI is InChI=1S/C42H75NO5S/c1-4-7-9-11-13-15-17-19-21-23-25-27-29-31-33-35-39(44)43(38(37-49)42(47)48-41(46)6-3)40(45)36-34-32-30-28-26-24-22-20-18-16-14-12-10-8-5-2/h19-22,38,49H,4-18,23-37H2,1-3H3. The molecule has 0 radical (unpaired) electrons. The zero-order chi connectivity index (χ0) is 36.2. The molecule has 1 unspecified atom stereocenters. The van der Waals surface area contributed by atoms with Gasteiger partial charge in [0.05, 0.1) is 0 Å². The molecular weight excluding hydrogens is 631 g/mol. The molecule has 0 spiro atoms. The summed E-state index contributed by atoms with van der Waals surface area (Å²) in [5, 5.41) is 0. The SMILES string of the molecule is CCCCCCCCC=CCCCCCCCC(=O)N(C(=O)CCCCCCCC=CCCCCCCCC)C(CS)C(=O)OC(=O)CC. The maximum absolute atomic E-state index is 13.3. The summed E-state index contributed by atoms with van der Waals surface area (Å²) >= 11 is 4.27. The fourth-order valence-electron chi connectivity index (χ4n) is 5.94. The van der Waals surface area contributed by atoms with Crippen LogP contribution in [-0.2, 0) is 23.9 Å². The third kappa shape index (κ3) is 28.5. The smallest absolute Gasteiger partial charge is 0.337 e. The molecule has 0 aromatic heterocycles. The Hall–Kier alpha value is -1.89. The Labute approximate surface area is 307 Å². The van der Waals surface area contributed by atoms with E-state index in [1.165, 1.54) is 89.9 Å². The van der Waals surface area contributed by atoms with E-state index in [1.54, 1.807) is 6.92 Å². The number of unbranched alkanes of at least 4 members (excludes halogenated alkanes) is 22. The number of carbonyl (C=O) groups excluding carboxylic acids is 4. The van der Waals surface area contributed by atoms with E-state index in [-0.39, 0.29) is 36.8 Å². The second kappa shape index (κ2) is 35.9. The average Bonchev–Trinajstić information content (AvgIpc) is 3.10. The van der Waals surface area contributed by atoms with Gasteiger partial charge in [0.1, 0.15) is 6.04 Å². The van der Waals surface area contributed by atoms with Crippen LogP contribution >= 0.6 is 12.6 Å². The van der Waals surface area contributed by atoms with Gasteiger partial charge in [0.25, 0.3) is 0 Å². The lowest BCUT2D eigenvalue weighted by molar-refractivity contribution is -0.168. The van der Waals surface area contributed by atoms with E-state index in [9.17, 15) is 19.2 Å². The van der Waals surface area contributed by atoms with Gasteiger partial charge in [-0.1, -0.05) is 148 Å². The molecule has 0 aromatic rings. The lowest BCUT2D eigenvalue weighted by atomic mass is 10.1. The topological polar surface area (TPSA) is 80.8 Å². The van der Waals surface area contributed by atoms with E-state index in [1.807, 2.05) is 0 Å². The molecule has 0 aromatic carbocycles. The Kier molecular flexibility index (Phi) is 34.5. The third-order valence-electron chi connectivity index (χ3n) is 9.10. The highest BCUT2D eigenvalue weighted by Crippen LogP contribution is 2.17. The van der Waals surface area contributed by atoms with Crippen molar-refractivity contribution in [1.29, 1.82) is 0 Å². The number of allylic oxidation sites excluding steroid dienone is 4. The Morgan fingerprint density at radius 3 is 1.16 bits per heavy atom. The van der Waals surface area contributed by atoms with Crippen LogP contribution in [0.15, 0.2) is 24.3 Å². The molecule has 7 heteroatoms. The highest BCUT2D eigenvalue weighted by Gasteiger charge is 2.35. The van der Waals surface area contributed by atoms with Gasteiger partial charge in [-0.2, -0.15) is 12.6 Å². The summed E-state index contributed by atoms with van der Waals surface area (Å²) in [6.45, 7) is 6.09. The summed E-state index contributed by atoms with van der Waals surface area (Å²) < 4.78 is 4.91. The molecule has 0 aliphatic carbocycles. The van der Waals surface area contributed by atoms with Crippen LogP contribution in [0.4, 0.5) is 0 Å². The second-order valence-electron chi connectivity index (χ2n) is 13.7. The molecule has 0 aliphatic heterocycles. The first-order valence-electron chi connectivity index (χ1n) is 20.4. The van der Waals surface area contributed by atoms with Crippen molar-refractivity contribution in [1.82, 2.24) is 4.90 Å². The molecule has 0 saturated carbocycles. The van der Waals surface area contributed by atoms with Crippen molar-refractivity contribution in [3.05, 3.63) is 24.3 Å². The minimum Gasteiger partial charge on any atom is -0.392 e. The van der Waals surface area contributed by atoms with Crippen molar-refractivity contribution in [3.63, 3.8) is 0 Å². The molecular formula is C42H75NO5S. The van der Waals surface area contributed by atoms with Crippen LogP contribution in [0.3, 0.4) is 0 Å². The minimum absolute atomic E-state index is 0.0384. The molecule has 284 valence electrons. The molecule has 49 heavy (non-hydrogen) atoms. The number of hydrogen-bond acceptors (Lipinski definition) is 6. The first-order chi connectivity index (χ1) is 23.9. The van der Waals surface area contributed by atoms with Gasteiger partial charge in [-0.3, -0.25) is 19.3 Å². The number of ether oxygens (including phenoxy) is 1. The van der Waals surface area contributed by atoms with E-state index in [0.717, 1.165) is 69.1 Å². The van der Waals surface area contributed by atoms with Crippen LogP contribution in [0, 0.1) is 0 Å². The van der Waals surface area contributed by atoms with E-state index in [4.69, 9.17) is 4.74 Å². The predicted octanol–water partition coefficient (Wildman–Crippen LogP) is 12.2. The van der Waals surface area contributed by atoms with Crippen molar-refractivity contribution >= 4 is 36.4 Å². The number of imide groups is 1. The van der Waals surface area contributed by atoms with Crippen molar-refractivity contribution < 1.29 is 23.9 Å². The summed E-state index contributed by atoms with van der Waals surface area (Å²) in [4.78, 5) is 52.2. The summed E-state index contributed by atoms with van der Waals surface area (Å²) in [6.07, 6.45) is 39.8. The quantitative estimate of drug-likeness (QED) is 0.0237. The van der Waals surface area contributed by atoms with E-state index in [2.05, 4.69) is 50.8 Å². The van der Waals surface area contributed by atoms with Crippen LogP contribution in [0.2, 0.25) is 0 Å². The molecule has 6 nitrogen and oxygen atoms in total. The minimum atomic E-state index is -1.19. The number of amides is 2. The van der Waals surface area contributed by atoms with Crippen molar-refractivity contribution in [2.75, 3.05) is 5.75 Å². The number of carbonyl (C=O) groups is 4. The fourth-order valence-corrected chi connectivity index (χ4v) is 6.25. The number of esters is 2. The predicted molar refractivity (Wildman–Crippen MR) is 210 cm³/mol. The maximum Gasteiger partial charge on any atom is 0.337 e. The number of rotatable bonds is 34. The van der Waals surface area contributed by atoms with Crippen LogP contribution < -0.4 is 0 Å². The Morgan fingerprint density at radius 2 is 0.837 bits per heavy atom. The van der Waals surface area contributed by atoms with Crippen molar-refractivity contribution in [2.45, 2.75) is 213 Å². The summed E-state index contributed by atoms with van der Waals surface area (Å²) in [7, 11) is 0. The molecule has 0 fully saturated rings. The molecule has 0 N–H and O–H groups in total. The summed E-state index contributed by atoms with van der Waals surface area (Å²) in [5.74, 6) is -2.39. The van der Waals surface area contributed by atoms with E-state index in [0.29, 0.717) is 12.8 Å². The molecule has 1 atom stereocenters. The van der Waals surface area contributed by atoms with Gasteiger partial charge < -0.3 is 4.74 Å². The first kappa shape index (κ1) is 47.1. The normalized spacial score (nSPS) is 12.2. The van der Waals surface area contributed by atoms with E-state index < -0.39 is 18.0 Å². The van der Waals surface area contributed by atoms with Crippen LogP contribution in [0.1, 0.15) is 207 Å². The zero-order valence-electron chi connectivity index (χ0n) is 32.0. The number of nitrogens with zero attached hydrogens (tertiary/aromatic N) is 1. The highest BCUT2D eigenvalue weighted by molar-refractivity contribution is 7.80. The van der Waals surface area contributed by atoms with Gasteiger partial charge in [-0.15, -0.1) is 0 Å². The molecule has 2 amide bonds. The van der Waals surface area contributed by atoms with Crippen LogP contribution in [-0.4, -0.2) is 40.4 Å². The number of thiol groups is 1. The molecule has 0 aliphatic rings. The first-order valence-corrected chi connectivity index (χ1v) is 21.1. The fraction of sp³-hybridized carbons (Fsp3) is 0.810. The lowest BCUT2D eigenvalue weighted by Gasteiger charge is -2.27. The van der Waals surface area contributed by atoms with Gasteiger partial charge >= 0.3 is 11.9 Å². The van der Waals surface area contributed by atoms with E-state index >= 15 is 0 Å². The molecule has 0 heterocycles. The van der Waals surface area contributed by atoms with Gasteiger partial charge in [0.2, 0.25) is 11.8 Å². The average molecular weight is 706 g/mol. The largest absolute Gasteiger partial charge is 0.392 e.